The summed E-state index contributed by atoms with van der Waals surface area (Å²) in [6.07, 6.45) is 1.48. The first-order valence-electron chi connectivity index (χ1n) is 10.8. The minimum absolute atomic E-state index is 0.0646. The van der Waals surface area contributed by atoms with Gasteiger partial charge in [-0.3, -0.25) is 9.59 Å². The highest BCUT2D eigenvalue weighted by molar-refractivity contribution is 7.18. The smallest absolute Gasteiger partial charge is 0.264 e. The van der Waals surface area contributed by atoms with Crippen molar-refractivity contribution in [1.82, 2.24) is 24.5 Å². The Morgan fingerprint density at radius 2 is 1.88 bits per heavy atom. The third kappa shape index (κ3) is 4.21. The van der Waals surface area contributed by atoms with Crippen molar-refractivity contribution < 1.29 is 14.0 Å². The number of hydrogen-bond acceptors (Lipinski definition) is 7. The van der Waals surface area contributed by atoms with E-state index in [-0.39, 0.29) is 11.5 Å². The molecule has 1 aliphatic rings. The number of rotatable bonds is 4. The second-order valence-electron chi connectivity index (χ2n) is 8.09. The molecule has 9 nitrogen and oxygen atoms in total. The second-order valence-corrected chi connectivity index (χ2v) is 9.15. The summed E-state index contributed by atoms with van der Waals surface area (Å²) in [5.74, 6) is 0.499. The maximum Gasteiger partial charge on any atom is 0.264 e. The molecular weight excluding hydrogens is 457 g/mol. The Morgan fingerprint density at radius 1 is 1.09 bits per heavy atom. The van der Waals surface area contributed by atoms with Crippen LogP contribution in [0.3, 0.4) is 0 Å². The minimum atomic E-state index is -0.475. The van der Waals surface area contributed by atoms with Gasteiger partial charge in [-0.05, 0) is 43.7 Å². The van der Waals surface area contributed by atoms with Crippen molar-refractivity contribution in [2.45, 2.75) is 13.8 Å². The first kappa shape index (κ1) is 22.0. The number of aromatic nitrogens is 4. The molecule has 0 spiro atoms. The Bertz CT molecular complexity index is 1390. The highest BCUT2D eigenvalue weighted by atomic mass is 32.1. The Morgan fingerprint density at radius 3 is 2.65 bits per heavy atom. The van der Waals surface area contributed by atoms with Crippen LogP contribution in [0.1, 0.15) is 31.3 Å². The molecule has 0 saturated carbocycles. The number of anilines is 2. The maximum atomic E-state index is 13.4. The zero-order valence-electron chi connectivity index (χ0n) is 18.7. The van der Waals surface area contributed by atoms with E-state index in [1.165, 1.54) is 35.9 Å². The van der Waals surface area contributed by atoms with Crippen LogP contribution in [0, 0.1) is 19.7 Å². The van der Waals surface area contributed by atoms with Crippen LogP contribution in [0.4, 0.5) is 15.2 Å². The van der Waals surface area contributed by atoms with Crippen LogP contribution in [0.15, 0.2) is 42.7 Å². The number of nitrogens with zero attached hydrogens (tertiary/aromatic N) is 6. The van der Waals surface area contributed by atoms with Crippen molar-refractivity contribution in [2.75, 3.05) is 36.4 Å². The van der Waals surface area contributed by atoms with Gasteiger partial charge < -0.3 is 15.1 Å². The van der Waals surface area contributed by atoms with E-state index in [1.54, 1.807) is 16.6 Å². The SMILES string of the molecule is Cc1cc(N2CCN(C(=O)c3sc(NC(=O)c4cccc(F)c4)cc3C)CC2)n2ncnc2n1. The van der Waals surface area contributed by atoms with E-state index < -0.39 is 11.7 Å². The lowest BCUT2D eigenvalue weighted by Gasteiger charge is -2.35. The van der Waals surface area contributed by atoms with Crippen molar-refractivity contribution in [3.63, 3.8) is 0 Å². The molecule has 0 atom stereocenters. The van der Waals surface area contributed by atoms with Gasteiger partial charge in [0.05, 0.1) is 9.88 Å². The first-order chi connectivity index (χ1) is 16.4. The van der Waals surface area contributed by atoms with E-state index in [0.717, 1.165) is 17.1 Å². The van der Waals surface area contributed by atoms with Gasteiger partial charge in [-0.2, -0.15) is 14.6 Å². The monoisotopic (exact) mass is 479 g/mol. The number of hydrogen-bond donors (Lipinski definition) is 1. The Hall–Kier alpha value is -3.86. The van der Waals surface area contributed by atoms with E-state index >= 15 is 0 Å². The highest BCUT2D eigenvalue weighted by Gasteiger charge is 2.26. The van der Waals surface area contributed by atoms with E-state index in [0.29, 0.717) is 41.8 Å². The molecule has 1 aromatic carbocycles. The Balaban J connectivity index is 1.26. The Kier molecular flexibility index (Phi) is 5.70. The van der Waals surface area contributed by atoms with Crippen LogP contribution in [0.25, 0.3) is 5.78 Å². The van der Waals surface area contributed by atoms with Crippen LogP contribution < -0.4 is 10.2 Å². The van der Waals surface area contributed by atoms with Crippen molar-refractivity contribution in [3.05, 3.63) is 70.2 Å². The van der Waals surface area contributed by atoms with Gasteiger partial charge in [-0.15, -0.1) is 11.3 Å². The van der Waals surface area contributed by atoms with Gasteiger partial charge in [0.15, 0.2) is 0 Å². The first-order valence-corrected chi connectivity index (χ1v) is 11.6. The third-order valence-corrected chi connectivity index (χ3v) is 6.83. The summed E-state index contributed by atoms with van der Waals surface area (Å²) >= 11 is 1.23. The number of carbonyl (C=O) groups excluding carboxylic acids is 2. The number of carbonyl (C=O) groups is 2. The number of halogens is 1. The average Bonchev–Trinajstić information content (AvgIpc) is 3.44. The second kappa shape index (κ2) is 8.82. The fourth-order valence-corrected chi connectivity index (χ4v) is 5.02. The van der Waals surface area contributed by atoms with E-state index in [1.807, 2.05) is 24.8 Å². The largest absolute Gasteiger partial charge is 0.353 e. The number of fused-ring (bicyclic) bond motifs is 1. The number of thiophene rings is 1. The molecule has 174 valence electrons. The van der Waals surface area contributed by atoms with Crippen molar-refractivity contribution in [1.29, 1.82) is 0 Å². The molecule has 1 aliphatic heterocycles. The molecule has 0 bridgehead atoms. The van der Waals surface area contributed by atoms with Crippen LogP contribution in [-0.2, 0) is 0 Å². The normalized spacial score (nSPS) is 14.0. The van der Waals surface area contributed by atoms with Gasteiger partial charge in [-0.25, -0.2) is 9.37 Å². The number of amides is 2. The molecule has 34 heavy (non-hydrogen) atoms. The van der Waals surface area contributed by atoms with Gasteiger partial charge >= 0.3 is 0 Å². The van der Waals surface area contributed by atoms with Crippen LogP contribution in [0.5, 0.6) is 0 Å². The highest BCUT2D eigenvalue weighted by Crippen LogP contribution is 2.29. The van der Waals surface area contributed by atoms with Gasteiger partial charge in [0.2, 0.25) is 0 Å². The molecule has 1 N–H and O–H groups in total. The molecule has 0 unspecified atom stereocenters. The molecule has 3 aromatic heterocycles. The van der Waals surface area contributed by atoms with Gasteiger partial charge in [-0.1, -0.05) is 6.07 Å². The molecule has 11 heteroatoms. The summed E-state index contributed by atoms with van der Waals surface area (Å²) in [6, 6.07) is 9.23. The third-order valence-electron chi connectivity index (χ3n) is 5.69. The van der Waals surface area contributed by atoms with E-state index in [2.05, 4.69) is 25.3 Å². The maximum absolute atomic E-state index is 13.4. The number of nitrogens with one attached hydrogen (secondary N) is 1. The number of aryl methyl sites for hydroxylation is 2. The standard InChI is InChI=1S/C23H22FN7O2S/c1-14-10-18(28-21(32)16-4-3-5-17(24)12-16)34-20(14)22(33)30-8-6-29(7-9-30)19-11-15(2)27-23-25-13-26-31(19)23/h3-5,10-13H,6-9H2,1-2H3,(H,28,32). The Labute approximate surface area is 198 Å². The summed E-state index contributed by atoms with van der Waals surface area (Å²) in [4.78, 5) is 38.8. The average molecular weight is 480 g/mol. The molecule has 4 heterocycles. The summed E-state index contributed by atoms with van der Waals surface area (Å²) in [6.45, 7) is 6.17. The molecule has 0 aliphatic carbocycles. The summed E-state index contributed by atoms with van der Waals surface area (Å²) in [7, 11) is 0. The fraction of sp³-hybridized carbons (Fsp3) is 0.261. The lowest BCUT2D eigenvalue weighted by molar-refractivity contribution is 0.0750. The van der Waals surface area contributed by atoms with E-state index in [4.69, 9.17) is 0 Å². The van der Waals surface area contributed by atoms with E-state index in [9.17, 15) is 14.0 Å². The van der Waals surface area contributed by atoms with Crippen LogP contribution in [-0.4, -0.2) is 62.5 Å². The molecule has 1 fully saturated rings. The fourth-order valence-electron chi connectivity index (χ4n) is 3.99. The number of piperazine rings is 1. The quantitative estimate of drug-likeness (QED) is 0.483. The summed E-state index contributed by atoms with van der Waals surface area (Å²) in [5.41, 5.74) is 1.87. The zero-order chi connectivity index (χ0) is 23.8. The van der Waals surface area contributed by atoms with Crippen molar-refractivity contribution in [2.24, 2.45) is 0 Å². The predicted octanol–water partition coefficient (Wildman–Crippen LogP) is 3.16. The minimum Gasteiger partial charge on any atom is -0.353 e. The van der Waals surface area contributed by atoms with Crippen LogP contribution >= 0.6 is 11.3 Å². The molecule has 0 radical (unpaired) electrons. The molecule has 5 rings (SSSR count). The van der Waals surface area contributed by atoms with Gasteiger partial charge in [0.1, 0.15) is 18.0 Å². The molecule has 2 amide bonds. The summed E-state index contributed by atoms with van der Waals surface area (Å²) in [5, 5.41) is 7.58. The van der Waals surface area contributed by atoms with Crippen LogP contribution in [0.2, 0.25) is 0 Å². The molecular formula is C23H22FN7O2S. The molecule has 4 aromatic rings. The zero-order valence-corrected chi connectivity index (χ0v) is 19.5. The lowest BCUT2D eigenvalue weighted by atomic mass is 10.2. The van der Waals surface area contributed by atoms with Crippen molar-refractivity contribution in [3.8, 4) is 0 Å². The summed E-state index contributed by atoms with van der Waals surface area (Å²) < 4.78 is 15.1. The predicted molar refractivity (Wildman–Crippen MR) is 127 cm³/mol. The van der Waals surface area contributed by atoms with Gasteiger partial charge in [0, 0.05) is 43.5 Å². The number of benzene rings is 1. The lowest BCUT2D eigenvalue weighted by Crippen LogP contribution is -2.49. The topological polar surface area (TPSA) is 95.7 Å². The van der Waals surface area contributed by atoms with Crippen molar-refractivity contribution >= 4 is 39.7 Å². The molecule has 1 saturated heterocycles. The van der Waals surface area contributed by atoms with Gasteiger partial charge in [0.25, 0.3) is 17.6 Å².